The molecule has 1 fully saturated rings. The van der Waals surface area contributed by atoms with Gasteiger partial charge in [0.05, 0.1) is 11.9 Å². The summed E-state index contributed by atoms with van der Waals surface area (Å²) in [6.07, 6.45) is 6.75. The minimum absolute atomic E-state index is 0.0264. The maximum atomic E-state index is 12.3. The summed E-state index contributed by atoms with van der Waals surface area (Å²) in [4.78, 5) is 30.0. The van der Waals surface area contributed by atoms with Crippen LogP contribution in [0.2, 0.25) is 0 Å². The highest BCUT2D eigenvalue weighted by Gasteiger charge is 2.24. The first kappa shape index (κ1) is 23.0. The predicted octanol–water partition coefficient (Wildman–Crippen LogP) is 2.71. The van der Waals surface area contributed by atoms with Crippen LogP contribution in [0.4, 0.5) is 10.5 Å². The Morgan fingerprint density at radius 3 is 2.61 bits per heavy atom. The quantitative estimate of drug-likeness (QED) is 0.691. The molecule has 1 aliphatic heterocycles. The van der Waals surface area contributed by atoms with Crippen LogP contribution in [0.15, 0.2) is 30.5 Å². The molecule has 2 N–H and O–H groups in total. The summed E-state index contributed by atoms with van der Waals surface area (Å²) in [6.45, 7) is 2.90. The number of benzene rings is 1. The van der Waals surface area contributed by atoms with Crippen molar-refractivity contribution in [1.82, 2.24) is 14.6 Å². The van der Waals surface area contributed by atoms with E-state index >= 15 is 0 Å². The standard InChI is InChI=1S/C23H28N4O5S/c1-15(28)27-12-9-18(10-13-27)32-21-14-17(8-11-24-21)20-7-6-16-4-3-5-19(16)22(20)25-23(29)26-33(2,30)31/h6-8,11,14,18H,3-5,9-10,12-13H2,1-2H3,(H2,25,26,29). The summed E-state index contributed by atoms with van der Waals surface area (Å²) in [5.74, 6) is 0.547. The molecule has 10 heteroatoms. The topological polar surface area (TPSA) is 118 Å². The lowest BCUT2D eigenvalue weighted by molar-refractivity contribution is -0.130. The van der Waals surface area contributed by atoms with E-state index < -0.39 is 16.1 Å². The highest BCUT2D eigenvalue weighted by Crippen LogP contribution is 2.38. The molecule has 2 heterocycles. The number of piperidine rings is 1. The summed E-state index contributed by atoms with van der Waals surface area (Å²) < 4.78 is 31.1. The van der Waals surface area contributed by atoms with Gasteiger partial charge in [-0.3, -0.25) is 4.79 Å². The van der Waals surface area contributed by atoms with E-state index in [2.05, 4.69) is 16.4 Å². The second-order valence-electron chi connectivity index (χ2n) is 8.51. The lowest BCUT2D eigenvalue weighted by Gasteiger charge is -2.31. The van der Waals surface area contributed by atoms with Crippen LogP contribution in [0, 0.1) is 0 Å². The van der Waals surface area contributed by atoms with Crippen molar-refractivity contribution in [2.24, 2.45) is 0 Å². The van der Waals surface area contributed by atoms with Gasteiger partial charge in [0.2, 0.25) is 21.8 Å². The Labute approximate surface area is 193 Å². The number of amides is 3. The van der Waals surface area contributed by atoms with Gasteiger partial charge in [-0.15, -0.1) is 0 Å². The van der Waals surface area contributed by atoms with E-state index in [4.69, 9.17) is 4.74 Å². The molecule has 4 rings (SSSR count). The molecule has 0 saturated carbocycles. The largest absolute Gasteiger partial charge is 0.474 e. The van der Waals surface area contributed by atoms with Crippen LogP contribution in [-0.4, -0.2) is 55.7 Å². The van der Waals surface area contributed by atoms with Gasteiger partial charge in [0, 0.05) is 50.7 Å². The van der Waals surface area contributed by atoms with Crippen molar-refractivity contribution in [1.29, 1.82) is 0 Å². The number of hydrogen-bond acceptors (Lipinski definition) is 6. The van der Waals surface area contributed by atoms with Crippen LogP contribution >= 0.6 is 0 Å². The van der Waals surface area contributed by atoms with Crippen LogP contribution in [-0.2, 0) is 27.7 Å². The van der Waals surface area contributed by atoms with Gasteiger partial charge in [-0.2, -0.15) is 0 Å². The number of anilines is 1. The maximum absolute atomic E-state index is 12.3. The van der Waals surface area contributed by atoms with Gasteiger partial charge >= 0.3 is 6.03 Å². The molecular formula is C23H28N4O5S. The molecule has 176 valence electrons. The number of hydrogen-bond donors (Lipinski definition) is 2. The molecule has 1 aliphatic carbocycles. The third kappa shape index (κ3) is 5.62. The average molecular weight is 473 g/mol. The molecule has 0 atom stereocenters. The molecule has 1 saturated heterocycles. The first-order valence-corrected chi connectivity index (χ1v) is 12.9. The van der Waals surface area contributed by atoms with Gasteiger partial charge in [0.1, 0.15) is 6.10 Å². The maximum Gasteiger partial charge on any atom is 0.332 e. The summed E-state index contributed by atoms with van der Waals surface area (Å²) >= 11 is 0. The molecule has 0 bridgehead atoms. The molecule has 1 aromatic carbocycles. The van der Waals surface area contributed by atoms with E-state index in [1.54, 1.807) is 13.1 Å². The molecule has 0 radical (unpaired) electrons. The molecule has 9 nitrogen and oxygen atoms in total. The monoisotopic (exact) mass is 472 g/mol. The Bertz CT molecular complexity index is 1170. The van der Waals surface area contributed by atoms with Crippen LogP contribution in [0.1, 0.15) is 37.3 Å². The van der Waals surface area contributed by atoms with Crippen LogP contribution in [0.3, 0.4) is 0 Å². The number of fused-ring (bicyclic) bond motifs is 1. The van der Waals surface area contributed by atoms with Gasteiger partial charge in [-0.25, -0.2) is 22.9 Å². The minimum atomic E-state index is -3.68. The van der Waals surface area contributed by atoms with Crippen molar-refractivity contribution in [3.63, 3.8) is 0 Å². The Kier molecular flexibility index (Phi) is 6.55. The van der Waals surface area contributed by atoms with E-state index in [1.165, 1.54) is 0 Å². The van der Waals surface area contributed by atoms with Gasteiger partial charge in [-0.1, -0.05) is 12.1 Å². The Morgan fingerprint density at radius 2 is 1.91 bits per heavy atom. The van der Waals surface area contributed by atoms with Crippen molar-refractivity contribution in [3.05, 3.63) is 41.6 Å². The van der Waals surface area contributed by atoms with E-state index in [0.717, 1.165) is 60.6 Å². The minimum Gasteiger partial charge on any atom is -0.474 e. The van der Waals surface area contributed by atoms with Crippen molar-refractivity contribution in [2.75, 3.05) is 24.7 Å². The fourth-order valence-electron chi connectivity index (χ4n) is 4.46. The van der Waals surface area contributed by atoms with E-state index in [0.29, 0.717) is 24.7 Å². The number of nitrogens with one attached hydrogen (secondary N) is 2. The van der Waals surface area contributed by atoms with E-state index in [9.17, 15) is 18.0 Å². The summed E-state index contributed by atoms with van der Waals surface area (Å²) in [5.41, 5.74) is 4.37. The number of aryl methyl sites for hydroxylation is 1. The molecule has 0 unspecified atom stereocenters. The number of nitrogens with zero attached hydrogens (tertiary/aromatic N) is 2. The SMILES string of the molecule is CC(=O)N1CCC(Oc2cc(-c3ccc4c(c3NC(=O)NS(C)(=O)=O)CCC4)ccn2)CC1. The number of pyridine rings is 1. The molecule has 0 spiro atoms. The highest BCUT2D eigenvalue weighted by atomic mass is 32.2. The number of aromatic nitrogens is 1. The molecule has 2 aliphatic rings. The first-order chi connectivity index (χ1) is 15.7. The summed E-state index contributed by atoms with van der Waals surface area (Å²) in [7, 11) is -3.68. The van der Waals surface area contributed by atoms with Gasteiger partial charge in [0.25, 0.3) is 0 Å². The van der Waals surface area contributed by atoms with Gasteiger partial charge in [0.15, 0.2) is 0 Å². The fraction of sp³-hybridized carbons (Fsp3) is 0.435. The van der Waals surface area contributed by atoms with E-state index in [-0.39, 0.29) is 12.0 Å². The summed E-state index contributed by atoms with van der Waals surface area (Å²) in [5, 5.41) is 2.75. The number of carbonyl (C=O) groups excluding carboxylic acids is 2. The second kappa shape index (κ2) is 9.38. The first-order valence-electron chi connectivity index (χ1n) is 11.0. The molecular weight excluding hydrogens is 444 g/mol. The van der Waals surface area contributed by atoms with E-state index in [1.807, 2.05) is 27.8 Å². The third-order valence-electron chi connectivity index (χ3n) is 6.02. The Balaban J connectivity index is 1.58. The third-order valence-corrected chi connectivity index (χ3v) is 6.58. The molecule has 1 aromatic heterocycles. The lowest BCUT2D eigenvalue weighted by Crippen LogP contribution is -2.40. The number of likely N-dealkylation sites (tertiary alicyclic amines) is 1. The number of carbonyl (C=O) groups is 2. The zero-order chi connectivity index (χ0) is 23.6. The van der Waals surface area contributed by atoms with Crippen molar-refractivity contribution >= 4 is 27.6 Å². The van der Waals surface area contributed by atoms with Crippen molar-refractivity contribution in [2.45, 2.75) is 45.1 Å². The summed E-state index contributed by atoms with van der Waals surface area (Å²) in [6, 6.07) is 6.86. The predicted molar refractivity (Wildman–Crippen MR) is 125 cm³/mol. The zero-order valence-corrected chi connectivity index (χ0v) is 19.6. The number of ether oxygens (including phenoxy) is 1. The Hall–Kier alpha value is -3.14. The number of rotatable bonds is 5. The van der Waals surface area contributed by atoms with Crippen LogP contribution < -0.4 is 14.8 Å². The number of urea groups is 1. The zero-order valence-electron chi connectivity index (χ0n) is 18.8. The normalized spacial score (nSPS) is 16.2. The molecule has 3 amide bonds. The Morgan fingerprint density at radius 1 is 1.15 bits per heavy atom. The lowest BCUT2D eigenvalue weighted by atomic mass is 9.98. The smallest absolute Gasteiger partial charge is 0.332 e. The molecule has 2 aromatic rings. The van der Waals surface area contributed by atoms with Crippen LogP contribution in [0.25, 0.3) is 11.1 Å². The molecule has 33 heavy (non-hydrogen) atoms. The number of sulfonamides is 1. The highest BCUT2D eigenvalue weighted by molar-refractivity contribution is 7.89. The van der Waals surface area contributed by atoms with Gasteiger partial charge in [-0.05, 0) is 42.0 Å². The van der Waals surface area contributed by atoms with Crippen LogP contribution in [0.5, 0.6) is 5.88 Å². The van der Waals surface area contributed by atoms with Gasteiger partial charge < -0.3 is 15.0 Å². The van der Waals surface area contributed by atoms with Crippen molar-refractivity contribution < 1.29 is 22.7 Å². The second-order valence-corrected chi connectivity index (χ2v) is 10.3. The fourth-order valence-corrected chi connectivity index (χ4v) is 4.85. The average Bonchev–Trinajstić information content (AvgIpc) is 3.22. The van der Waals surface area contributed by atoms with Crippen molar-refractivity contribution in [3.8, 4) is 17.0 Å².